The van der Waals surface area contributed by atoms with E-state index in [0.29, 0.717) is 16.7 Å². The van der Waals surface area contributed by atoms with E-state index in [2.05, 4.69) is 44.9 Å². The van der Waals surface area contributed by atoms with Gasteiger partial charge in [0, 0.05) is 11.3 Å². The zero-order valence-electron chi connectivity index (χ0n) is 9.92. The van der Waals surface area contributed by atoms with Crippen molar-refractivity contribution in [1.29, 1.82) is 0 Å². The van der Waals surface area contributed by atoms with Crippen molar-refractivity contribution in [3.05, 3.63) is 0 Å². The molecule has 3 heteroatoms. The molecule has 0 aromatic carbocycles. The van der Waals surface area contributed by atoms with E-state index < -0.39 is 0 Å². The molecule has 1 N–H and O–H groups in total. The van der Waals surface area contributed by atoms with E-state index >= 15 is 0 Å². The fraction of sp³-hybridized carbons (Fsp3) is 0.909. The Labute approximate surface area is 92.0 Å². The number of amidine groups is 1. The van der Waals surface area contributed by atoms with E-state index in [1.807, 2.05) is 11.8 Å². The van der Waals surface area contributed by atoms with Gasteiger partial charge in [-0.2, -0.15) is 0 Å². The lowest BCUT2D eigenvalue weighted by Crippen LogP contribution is -2.27. The average molecular weight is 214 g/mol. The molecule has 14 heavy (non-hydrogen) atoms. The maximum atomic E-state index is 4.51. The van der Waals surface area contributed by atoms with Crippen molar-refractivity contribution in [3.63, 3.8) is 0 Å². The lowest BCUT2D eigenvalue weighted by Gasteiger charge is -2.21. The Kier molecular flexibility index (Phi) is 3.87. The Hall–Kier alpha value is -0.180. The van der Waals surface area contributed by atoms with Crippen molar-refractivity contribution in [2.24, 2.45) is 10.4 Å². The summed E-state index contributed by atoms with van der Waals surface area (Å²) in [6.45, 7) is 12.2. The van der Waals surface area contributed by atoms with Crippen LogP contribution in [0, 0.1) is 5.41 Å². The molecule has 82 valence electrons. The van der Waals surface area contributed by atoms with Crippen LogP contribution in [0.1, 0.15) is 41.0 Å². The van der Waals surface area contributed by atoms with Crippen LogP contribution in [-0.2, 0) is 0 Å². The molecule has 2 nitrogen and oxygen atoms in total. The fourth-order valence-electron chi connectivity index (χ4n) is 1.53. The molecule has 0 bridgehead atoms. The Morgan fingerprint density at radius 3 is 2.64 bits per heavy atom. The SMILES string of the molecule is CC(C)NC1=NCC(CC(C)(C)C)S1. The molecule has 0 radical (unpaired) electrons. The highest BCUT2D eigenvalue weighted by Gasteiger charge is 2.24. The zero-order valence-corrected chi connectivity index (χ0v) is 10.7. The highest BCUT2D eigenvalue weighted by atomic mass is 32.2. The van der Waals surface area contributed by atoms with E-state index in [4.69, 9.17) is 0 Å². The van der Waals surface area contributed by atoms with Gasteiger partial charge in [0.25, 0.3) is 0 Å². The predicted molar refractivity (Wildman–Crippen MR) is 66.0 cm³/mol. The smallest absolute Gasteiger partial charge is 0.157 e. The summed E-state index contributed by atoms with van der Waals surface area (Å²) in [5.74, 6) is 0. The van der Waals surface area contributed by atoms with Crippen molar-refractivity contribution >= 4 is 16.9 Å². The van der Waals surface area contributed by atoms with Gasteiger partial charge in [-0.05, 0) is 25.7 Å². The summed E-state index contributed by atoms with van der Waals surface area (Å²) < 4.78 is 0. The van der Waals surface area contributed by atoms with Crippen LogP contribution >= 0.6 is 11.8 Å². The molecule has 0 aromatic heterocycles. The molecule has 1 atom stereocenters. The Balaban J connectivity index is 2.32. The van der Waals surface area contributed by atoms with Gasteiger partial charge in [-0.1, -0.05) is 32.5 Å². The normalized spacial score (nSPS) is 22.7. The van der Waals surface area contributed by atoms with E-state index in [9.17, 15) is 0 Å². The van der Waals surface area contributed by atoms with Crippen LogP contribution in [0.2, 0.25) is 0 Å². The third kappa shape index (κ3) is 4.36. The molecule has 0 saturated heterocycles. The highest BCUT2D eigenvalue weighted by molar-refractivity contribution is 8.14. The van der Waals surface area contributed by atoms with Gasteiger partial charge < -0.3 is 5.32 Å². The van der Waals surface area contributed by atoms with Gasteiger partial charge >= 0.3 is 0 Å². The Bertz CT molecular complexity index is 216. The van der Waals surface area contributed by atoms with Gasteiger partial charge in [-0.15, -0.1) is 0 Å². The van der Waals surface area contributed by atoms with Crippen molar-refractivity contribution in [3.8, 4) is 0 Å². The van der Waals surface area contributed by atoms with Gasteiger partial charge in [0.1, 0.15) is 0 Å². The summed E-state index contributed by atoms with van der Waals surface area (Å²) in [6.07, 6.45) is 1.24. The molecule has 1 aliphatic rings. The van der Waals surface area contributed by atoms with Gasteiger partial charge in [0.15, 0.2) is 5.17 Å². The molecule has 0 amide bonds. The van der Waals surface area contributed by atoms with Crippen molar-refractivity contribution in [2.75, 3.05) is 6.54 Å². The third-order valence-corrected chi connectivity index (χ3v) is 3.09. The summed E-state index contributed by atoms with van der Waals surface area (Å²) in [5, 5.41) is 5.18. The quantitative estimate of drug-likeness (QED) is 0.764. The number of nitrogens with one attached hydrogen (secondary N) is 1. The second kappa shape index (κ2) is 4.56. The Morgan fingerprint density at radius 1 is 1.50 bits per heavy atom. The average Bonchev–Trinajstić information content (AvgIpc) is 2.30. The summed E-state index contributed by atoms with van der Waals surface area (Å²) >= 11 is 1.90. The summed E-state index contributed by atoms with van der Waals surface area (Å²) in [7, 11) is 0. The van der Waals surface area contributed by atoms with Crippen LogP contribution in [0.4, 0.5) is 0 Å². The van der Waals surface area contributed by atoms with Crippen LogP contribution < -0.4 is 5.32 Å². The van der Waals surface area contributed by atoms with Crippen LogP contribution in [0.25, 0.3) is 0 Å². The molecular formula is C11H22N2S. The van der Waals surface area contributed by atoms with Crippen LogP contribution in [-0.4, -0.2) is 23.0 Å². The second-order valence-electron chi connectivity index (χ2n) is 5.45. The van der Waals surface area contributed by atoms with Gasteiger partial charge in [0.05, 0.1) is 6.54 Å². The standard InChI is InChI=1S/C11H22N2S/c1-8(2)13-10-12-7-9(14-10)6-11(3,4)5/h8-9H,6-7H2,1-5H3,(H,12,13). The molecule has 0 saturated carbocycles. The summed E-state index contributed by atoms with van der Waals surface area (Å²) in [6, 6.07) is 0.495. The van der Waals surface area contributed by atoms with E-state index in [1.54, 1.807) is 0 Å². The zero-order chi connectivity index (χ0) is 10.8. The topological polar surface area (TPSA) is 24.4 Å². The first-order chi connectivity index (χ1) is 6.37. The monoisotopic (exact) mass is 214 g/mol. The number of aliphatic imine (C=N–C) groups is 1. The first-order valence-electron chi connectivity index (χ1n) is 5.34. The highest BCUT2D eigenvalue weighted by Crippen LogP contribution is 2.31. The summed E-state index contributed by atoms with van der Waals surface area (Å²) in [5.41, 5.74) is 0.417. The predicted octanol–water partition coefficient (Wildman–Crippen LogP) is 2.89. The van der Waals surface area contributed by atoms with Gasteiger partial charge in [-0.3, -0.25) is 4.99 Å². The maximum absolute atomic E-state index is 4.51. The minimum Gasteiger partial charge on any atom is -0.363 e. The minimum atomic E-state index is 0.417. The molecule has 0 aliphatic carbocycles. The summed E-state index contributed by atoms with van der Waals surface area (Å²) in [4.78, 5) is 4.51. The molecule has 0 fully saturated rings. The minimum absolute atomic E-state index is 0.417. The molecule has 1 heterocycles. The fourth-order valence-corrected chi connectivity index (χ4v) is 3.03. The number of hydrogen-bond donors (Lipinski definition) is 1. The molecule has 1 aliphatic heterocycles. The lowest BCUT2D eigenvalue weighted by atomic mass is 9.90. The maximum Gasteiger partial charge on any atom is 0.157 e. The van der Waals surface area contributed by atoms with Crippen LogP contribution in [0.15, 0.2) is 4.99 Å². The molecule has 1 rings (SSSR count). The molecule has 0 spiro atoms. The molecule has 0 aromatic rings. The van der Waals surface area contributed by atoms with Crippen LogP contribution in [0.5, 0.6) is 0 Å². The van der Waals surface area contributed by atoms with Crippen molar-refractivity contribution < 1.29 is 0 Å². The number of rotatable bonds is 2. The van der Waals surface area contributed by atoms with E-state index in [1.165, 1.54) is 6.42 Å². The van der Waals surface area contributed by atoms with Gasteiger partial charge in [-0.25, -0.2) is 0 Å². The largest absolute Gasteiger partial charge is 0.363 e. The number of thioether (sulfide) groups is 1. The van der Waals surface area contributed by atoms with Gasteiger partial charge in [0.2, 0.25) is 0 Å². The first kappa shape index (κ1) is 11.9. The Morgan fingerprint density at radius 2 is 2.14 bits per heavy atom. The number of hydrogen-bond acceptors (Lipinski definition) is 3. The van der Waals surface area contributed by atoms with Crippen molar-refractivity contribution in [2.45, 2.75) is 52.3 Å². The first-order valence-corrected chi connectivity index (χ1v) is 6.22. The second-order valence-corrected chi connectivity index (χ2v) is 6.74. The van der Waals surface area contributed by atoms with E-state index in [-0.39, 0.29) is 0 Å². The molecule has 1 unspecified atom stereocenters. The van der Waals surface area contributed by atoms with E-state index in [0.717, 1.165) is 11.7 Å². The number of nitrogens with zero attached hydrogens (tertiary/aromatic N) is 1. The van der Waals surface area contributed by atoms with Crippen LogP contribution in [0.3, 0.4) is 0 Å². The van der Waals surface area contributed by atoms with Crippen molar-refractivity contribution in [1.82, 2.24) is 5.32 Å². The lowest BCUT2D eigenvalue weighted by molar-refractivity contribution is 0.375. The molecular weight excluding hydrogens is 192 g/mol. The third-order valence-electron chi connectivity index (χ3n) is 1.97.